The second-order valence-electron chi connectivity index (χ2n) is 6.65. The number of ether oxygens (including phenoxy) is 3. The summed E-state index contributed by atoms with van der Waals surface area (Å²) in [6.45, 7) is 2.29. The second-order valence-corrected chi connectivity index (χ2v) is 7.06. The van der Waals surface area contributed by atoms with E-state index in [9.17, 15) is 4.79 Å². The number of hydrogen-bond donors (Lipinski definition) is 0. The third-order valence-electron chi connectivity index (χ3n) is 5.05. The highest BCUT2D eigenvalue weighted by Crippen LogP contribution is 2.38. The van der Waals surface area contributed by atoms with Gasteiger partial charge in [-0.15, -0.1) is 0 Å². The van der Waals surface area contributed by atoms with Crippen molar-refractivity contribution < 1.29 is 19.0 Å². The Morgan fingerprint density at radius 3 is 2.92 bits per heavy atom. The molecule has 1 aliphatic carbocycles. The van der Waals surface area contributed by atoms with Gasteiger partial charge < -0.3 is 19.1 Å². The van der Waals surface area contributed by atoms with E-state index in [1.807, 2.05) is 11.0 Å². The van der Waals surface area contributed by atoms with Gasteiger partial charge in [-0.25, -0.2) is 0 Å². The van der Waals surface area contributed by atoms with Gasteiger partial charge in [-0.05, 0) is 36.6 Å². The lowest BCUT2D eigenvalue weighted by Gasteiger charge is -2.43. The summed E-state index contributed by atoms with van der Waals surface area (Å²) >= 11 is 6.25. The first-order chi connectivity index (χ1) is 12.2. The summed E-state index contributed by atoms with van der Waals surface area (Å²) in [6, 6.07) is 3.86. The molecule has 25 heavy (non-hydrogen) atoms. The largest absolute Gasteiger partial charge is 0.486 e. The second kappa shape index (κ2) is 7.26. The summed E-state index contributed by atoms with van der Waals surface area (Å²) in [4.78, 5) is 14.7. The van der Waals surface area contributed by atoms with Crippen LogP contribution in [0, 0.1) is 0 Å². The topological polar surface area (TPSA) is 48.0 Å². The molecule has 0 aromatic heterocycles. The van der Waals surface area contributed by atoms with Crippen LogP contribution in [0.3, 0.4) is 0 Å². The summed E-state index contributed by atoms with van der Waals surface area (Å²) in [5, 5.41) is 0.503. The van der Waals surface area contributed by atoms with Gasteiger partial charge >= 0.3 is 0 Å². The number of amides is 1. The van der Waals surface area contributed by atoms with Crippen molar-refractivity contribution in [3.63, 3.8) is 0 Å². The maximum absolute atomic E-state index is 12.7. The van der Waals surface area contributed by atoms with Gasteiger partial charge in [0, 0.05) is 12.6 Å². The summed E-state index contributed by atoms with van der Waals surface area (Å²) in [7, 11) is 0. The van der Waals surface area contributed by atoms with Crippen LogP contribution in [0.15, 0.2) is 18.2 Å². The Hall–Kier alpha value is -1.72. The highest BCUT2D eigenvalue weighted by atomic mass is 35.5. The molecule has 2 atom stereocenters. The number of hydrogen-bond acceptors (Lipinski definition) is 4. The fourth-order valence-electron chi connectivity index (χ4n) is 3.86. The maximum Gasteiger partial charge on any atom is 0.246 e. The van der Waals surface area contributed by atoms with Gasteiger partial charge in [-0.3, -0.25) is 4.79 Å². The van der Waals surface area contributed by atoms with Gasteiger partial charge in [0.25, 0.3) is 0 Å². The van der Waals surface area contributed by atoms with E-state index >= 15 is 0 Å². The van der Waals surface area contributed by atoms with Crippen LogP contribution >= 0.6 is 11.6 Å². The smallest absolute Gasteiger partial charge is 0.246 e. The van der Waals surface area contributed by atoms with Crippen LogP contribution in [0.5, 0.6) is 11.5 Å². The van der Waals surface area contributed by atoms with Crippen molar-refractivity contribution in [1.82, 2.24) is 4.90 Å². The van der Waals surface area contributed by atoms with Crippen LogP contribution in [-0.2, 0) is 9.53 Å². The fourth-order valence-corrected chi connectivity index (χ4v) is 4.13. The first-order valence-electron chi connectivity index (χ1n) is 8.92. The predicted molar refractivity (Wildman–Crippen MR) is 95.2 cm³/mol. The summed E-state index contributed by atoms with van der Waals surface area (Å²) in [6.07, 6.45) is 8.04. The highest BCUT2D eigenvalue weighted by Gasteiger charge is 2.35. The number of fused-ring (bicyclic) bond motifs is 2. The molecule has 0 N–H and O–H groups in total. The number of rotatable bonds is 2. The number of carbonyl (C=O) groups excluding carboxylic acids is 1. The molecule has 2 heterocycles. The zero-order valence-corrected chi connectivity index (χ0v) is 14.8. The molecule has 0 bridgehead atoms. The maximum atomic E-state index is 12.7. The molecule has 3 aliphatic rings. The highest BCUT2D eigenvalue weighted by molar-refractivity contribution is 6.32. The Bertz CT molecular complexity index is 688. The van der Waals surface area contributed by atoms with Crippen LogP contribution in [-0.4, -0.2) is 49.3 Å². The zero-order valence-electron chi connectivity index (χ0n) is 14.1. The Labute approximate surface area is 152 Å². The van der Waals surface area contributed by atoms with Crippen molar-refractivity contribution in [3.05, 3.63) is 28.8 Å². The normalized spacial score (nSPS) is 25.7. The minimum atomic E-state index is 0.0335. The SMILES string of the molecule is O=C(/C=C/c1cc(Cl)c2c(c1)OCCO2)N1CCO[C@@H]2CCCC[C@H]21. The van der Waals surface area contributed by atoms with E-state index in [4.69, 9.17) is 25.8 Å². The van der Waals surface area contributed by atoms with Gasteiger partial charge in [-0.2, -0.15) is 0 Å². The number of halogens is 1. The molecule has 4 rings (SSSR count). The lowest BCUT2D eigenvalue weighted by molar-refractivity contribution is -0.144. The first-order valence-corrected chi connectivity index (χ1v) is 9.29. The van der Waals surface area contributed by atoms with E-state index < -0.39 is 0 Å². The average molecular weight is 364 g/mol. The number of benzene rings is 1. The fraction of sp³-hybridized carbons (Fsp3) is 0.526. The molecule has 1 aromatic rings. The van der Waals surface area contributed by atoms with Gasteiger partial charge in [0.2, 0.25) is 5.91 Å². The molecule has 5 nitrogen and oxygen atoms in total. The van der Waals surface area contributed by atoms with E-state index in [1.165, 1.54) is 6.42 Å². The molecule has 2 aliphatic heterocycles. The van der Waals surface area contributed by atoms with Gasteiger partial charge in [-0.1, -0.05) is 24.4 Å². The molecule has 0 spiro atoms. The number of morpholine rings is 1. The Morgan fingerprint density at radius 1 is 1.16 bits per heavy atom. The van der Waals surface area contributed by atoms with Gasteiger partial charge in [0.15, 0.2) is 11.5 Å². The van der Waals surface area contributed by atoms with E-state index in [1.54, 1.807) is 18.2 Å². The molecule has 1 aromatic carbocycles. The molecule has 134 valence electrons. The van der Waals surface area contributed by atoms with E-state index in [0.717, 1.165) is 24.8 Å². The van der Waals surface area contributed by atoms with Crippen LogP contribution in [0.25, 0.3) is 6.08 Å². The predicted octanol–water partition coefficient (Wildman–Crippen LogP) is 3.29. The number of carbonyl (C=O) groups is 1. The monoisotopic (exact) mass is 363 g/mol. The summed E-state index contributed by atoms with van der Waals surface area (Å²) < 4.78 is 16.9. The Morgan fingerprint density at radius 2 is 2.00 bits per heavy atom. The van der Waals surface area contributed by atoms with E-state index in [0.29, 0.717) is 42.9 Å². The average Bonchev–Trinajstić information content (AvgIpc) is 2.66. The molecule has 2 fully saturated rings. The van der Waals surface area contributed by atoms with Crippen molar-refractivity contribution in [2.45, 2.75) is 37.8 Å². The molecular weight excluding hydrogens is 342 g/mol. The molecule has 1 amide bonds. The van der Waals surface area contributed by atoms with E-state index in [2.05, 4.69) is 0 Å². The molecule has 6 heteroatoms. The van der Waals surface area contributed by atoms with Crippen molar-refractivity contribution in [2.75, 3.05) is 26.4 Å². The van der Waals surface area contributed by atoms with Gasteiger partial charge in [0.05, 0.1) is 23.8 Å². The molecular formula is C19H22ClNO4. The molecule has 1 saturated carbocycles. The zero-order chi connectivity index (χ0) is 17.2. The van der Waals surface area contributed by atoms with Crippen LogP contribution in [0.4, 0.5) is 0 Å². The minimum Gasteiger partial charge on any atom is -0.486 e. The summed E-state index contributed by atoms with van der Waals surface area (Å²) in [5.41, 5.74) is 0.830. The summed E-state index contributed by atoms with van der Waals surface area (Å²) in [5.74, 6) is 1.24. The Balaban J connectivity index is 1.49. The minimum absolute atomic E-state index is 0.0335. The van der Waals surface area contributed by atoms with Crippen molar-refractivity contribution in [2.24, 2.45) is 0 Å². The van der Waals surface area contributed by atoms with Gasteiger partial charge in [0.1, 0.15) is 13.2 Å². The third-order valence-corrected chi connectivity index (χ3v) is 5.33. The van der Waals surface area contributed by atoms with Crippen molar-refractivity contribution in [1.29, 1.82) is 0 Å². The van der Waals surface area contributed by atoms with Crippen molar-refractivity contribution in [3.8, 4) is 11.5 Å². The molecule has 0 radical (unpaired) electrons. The Kier molecular flexibility index (Phi) is 4.86. The molecule has 1 saturated heterocycles. The first kappa shape index (κ1) is 16.7. The lowest BCUT2D eigenvalue weighted by Crippen LogP contribution is -2.54. The lowest BCUT2D eigenvalue weighted by atomic mass is 9.90. The third kappa shape index (κ3) is 3.48. The van der Waals surface area contributed by atoms with E-state index in [-0.39, 0.29) is 18.1 Å². The quantitative estimate of drug-likeness (QED) is 0.756. The van der Waals surface area contributed by atoms with Crippen LogP contribution < -0.4 is 9.47 Å². The molecule has 0 unspecified atom stereocenters. The standard InChI is InChI=1S/C19H22ClNO4/c20-14-11-13(12-17-19(14)25-10-9-24-17)5-6-18(22)21-7-8-23-16-4-2-1-3-15(16)21/h5-6,11-12,15-16H,1-4,7-10H2/b6-5+/t15-,16-/m1/s1. The van der Waals surface area contributed by atoms with Crippen LogP contribution in [0.1, 0.15) is 31.2 Å². The van der Waals surface area contributed by atoms with Crippen LogP contribution in [0.2, 0.25) is 5.02 Å². The van der Waals surface area contributed by atoms with Crippen molar-refractivity contribution >= 4 is 23.6 Å². The number of nitrogens with zero attached hydrogens (tertiary/aromatic N) is 1.